The van der Waals surface area contributed by atoms with Gasteiger partial charge in [0.25, 0.3) is 0 Å². The third-order valence-corrected chi connectivity index (χ3v) is 3.48. The third kappa shape index (κ3) is 3.21. The summed E-state index contributed by atoms with van der Waals surface area (Å²) in [5.74, 6) is 0.743. The smallest absolute Gasteiger partial charge is 0.233 e. The number of aromatic nitrogens is 1. The van der Waals surface area contributed by atoms with Crippen molar-refractivity contribution in [1.82, 2.24) is 15.2 Å². The van der Waals surface area contributed by atoms with Gasteiger partial charge in [0.2, 0.25) is 5.91 Å². The highest BCUT2D eigenvalue weighted by Gasteiger charge is 2.15. The number of nitrogens with one attached hydrogen (secondary N) is 1. The number of nitrogens with zero attached hydrogens (tertiary/aromatic N) is 2. The number of hydrogen-bond donors (Lipinski definition) is 1. The van der Waals surface area contributed by atoms with Gasteiger partial charge in [-0.25, -0.2) is 0 Å². The molecule has 1 aliphatic heterocycles. The van der Waals surface area contributed by atoms with Gasteiger partial charge in [-0.3, -0.25) is 9.78 Å². The summed E-state index contributed by atoms with van der Waals surface area (Å²) in [5, 5.41) is 3.23. The van der Waals surface area contributed by atoms with Crippen molar-refractivity contribution < 1.29 is 4.79 Å². The van der Waals surface area contributed by atoms with Crippen molar-refractivity contribution >= 4 is 17.7 Å². The maximum Gasteiger partial charge on any atom is 0.233 e. The molecule has 0 saturated carbocycles. The number of rotatable bonds is 3. The summed E-state index contributed by atoms with van der Waals surface area (Å²) in [6.45, 7) is 3.48. The molecule has 2 heterocycles. The van der Waals surface area contributed by atoms with Crippen molar-refractivity contribution in [3.05, 3.63) is 24.5 Å². The normalized spacial score (nSPS) is 16.1. The Morgan fingerprint density at radius 1 is 1.38 bits per heavy atom. The molecule has 0 radical (unpaired) electrons. The molecule has 0 unspecified atom stereocenters. The lowest BCUT2D eigenvalue weighted by atomic mass is 10.3. The quantitative estimate of drug-likeness (QED) is 0.782. The summed E-state index contributed by atoms with van der Waals surface area (Å²) in [4.78, 5) is 18.8. The number of hydrogen-bond acceptors (Lipinski definition) is 4. The highest BCUT2D eigenvalue weighted by atomic mass is 32.2. The molecule has 4 nitrogen and oxygen atoms in total. The van der Waals surface area contributed by atoms with Gasteiger partial charge in [0, 0.05) is 43.5 Å². The molecule has 86 valence electrons. The van der Waals surface area contributed by atoms with E-state index in [9.17, 15) is 4.79 Å². The standard InChI is InChI=1S/C11H15N3OS/c15-11(14-7-5-13-6-8-14)9-16-10-1-3-12-4-2-10/h1-4,13H,5-9H2. The zero-order valence-corrected chi connectivity index (χ0v) is 9.87. The lowest BCUT2D eigenvalue weighted by Crippen LogP contribution is -2.47. The molecule has 0 atom stereocenters. The maximum atomic E-state index is 11.8. The van der Waals surface area contributed by atoms with Crippen LogP contribution in [0.4, 0.5) is 0 Å². The minimum atomic E-state index is 0.225. The lowest BCUT2D eigenvalue weighted by molar-refractivity contribution is -0.128. The summed E-state index contributed by atoms with van der Waals surface area (Å²) in [6, 6.07) is 3.85. The predicted octanol–water partition coefficient (Wildman–Crippen LogP) is 0.605. The van der Waals surface area contributed by atoms with Crippen molar-refractivity contribution in [2.45, 2.75) is 4.90 Å². The van der Waals surface area contributed by atoms with Crippen LogP contribution in [0.25, 0.3) is 0 Å². The highest BCUT2D eigenvalue weighted by Crippen LogP contribution is 2.16. The fourth-order valence-electron chi connectivity index (χ4n) is 1.59. The van der Waals surface area contributed by atoms with E-state index in [2.05, 4.69) is 10.3 Å². The Morgan fingerprint density at radius 3 is 2.75 bits per heavy atom. The first-order chi connectivity index (χ1) is 7.86. The van der Waals surface area contributed by atoms with E-state index >= 15 is 0 Å². The van der Waals surface area contributed by atoms with Crippen molar-refractivity contribution in [3.63, 3.8) is 0 Å². The van der Waals surface area contributed by atoms with Gasteiger partial charge in [0.15, 0.2) is 0 Å². The summed E-state index contributed by atoms with van der Waals surface area (Å²) in [5.41, 5.74) is 0. The van der Waals surface area contributed by atoms with Crippen molar-refractivity contribution in [2.75, 3.05) is 31.9 Å². The molecule has 1 aromatic heterocycles. The molecule has 0 aliphatic carbocycles. The van der Waals surface area contributed by atoms with E-state index in [-0.39, 0.29) is 5.91 Å². The molecule has 1 amide bonds. The summed E-state index contributed by atoms with van der Waals surface area (Å²) in [6.07, 6.45) is 3.50. The molecular formula is C11H15N3OS. The lowest BCUT2D eigenvalue weighted by Gasteiger charge is -2.27. The van der Waals surface area contributed by atoms with Crippen molar-refractivity contribution in [3.8, 4) is 0 Å². The van der Waals surface area contributed by atoms with Crippen LogP contribution in [0.3, 0.4) is 0 Å². The van der Waals surface area contributed by atoms with Crippen LogP contribution in [0.1, 0.15) is 0 Å². The second-order valence-electron chi connectivity index (χ2n) is 3.60. The Labute approximate surface area is 99.4 Å². The van der Waals surface area contributed by atoms with E-state index < -0.39 is 0 Å². The molecule has 2 rings (SSSR count). The van der Waals surface area contributed by atoms with Crippen LogP contribution in [0, 0.1) is 0 Å². The molecule has 1 N–H and O–H groups in total. The first kappa shape index (κ1) is 11.4. The SMILES string of the molecule is O=C(CSc1ccncc1)N1CCNCC1. The Balaban J connectivity index is 1.79. The third-order valence-electron chi connectivity index (χ3n) is 2.48. The van der Waals surface area contributed by atoms with Gasteiger partial charge in [0.05, 0.1) is 5.75 Å². The van der Waals surface area contributed by atoms with Gasteiger partial charge in [0.1, 0.15) is 0 Å². The molecule has 1 aliphatic rings. The van der Waals surface area contributed by atoms with E-state index in [1.807, 2.05) is 17.0 Å². The zero-order valence-electron chi connectivity index (χ0n) is 9.06. The van der Waals surface area contributed by atoms with Gasteiger partial charge in [-0.1, -0.05) is 0 Å². The summed E-state index contributed by atoms with van der Waals surface area (Å²) in [7, 11) is 0. The first-order valence-electron chi connectivity index (χ1n) is 5.37. The average molecular weight is 237 g/mol. The van der Waals surface area contributed by atoms with E-state index in [1.165, 1.54) is 0 Å². The number of pyridine rings is 1. The van der Waals surface area contributed by atoms with Gasteiger partial charge in [-0.2, -0.15) is 0 Å². The second kappa shape index (κ2) is 5.86. The molecule has 1 aromatic rings. The Morgan fingerprint density at radius 2 is 2.06 bits per heavy atom. The average Bonchev–Trinajstić information content (AvgIpc) is 2.38. The van der Waals surface area contributed by atoms with E-state index in [0.29, 0.717) is 5.75 Å². The largest absolute Gasteiger partial charge is 0.339 e. The first-order valence-corrected chi connectivity index (χ1v) is 6.36. The number of amides is 1. The molecule has 0 bridgehead atoms. The van der Waals surface area contributed by atoms with Crippen molar-refractivity contribution in [1.29, 1.82) is 0 Å². The Bertz CT molecular complexity index is 338. The highest BCUT2D eigenvalue weighted by molar-refractivity contribution is 8.00. The van der Waals surface area contributed by atoms with Crippen LogP contribution >= 0.6 is 11.8 Å². The molecule has 5 heteroatoms. The van der Waals surface area contributed by atoms with Gasteiger partial charge in [-0.15, -0.1) is 11.8 Å². The van der Waals surface area contributed by atoms with Gasteiger partial charge >= 0.3 is 0 Å². The Hall–Kier alpha value is -1.07. The maximum absolute atomic E-state index is 11.8. The van der Waals surface area contributed by atoms with E-state index in [1.54, 1.807) is 24.2 Å². The molecule has 0 aromatic carbocycles. The molecule has 0 spiro atoms. The molecular weight excluding hydrogens is 222 g/mol. The minimum Gasteiger partial charge on any atom is -0.339 e. The number of piperazine rings is 1. The van der Waals surface area contributed by atoms with E-state index in [0.717, 1.165) is 31.1 Å². The molecule has 1 fully saturated rings. The summed E-state index contributed by atoms with van der Waals surface area (Å²) < 4.78 is 0. The minimum absolute atomic E-state index is 0.225. The number of thioether (sulfide) groups is 1. The molecule has 16 heavy (non-hydrogen) atoms. The van der Waals surface area contributed by atoms with Gasteiger partial charge < -0.3 is 10.2 Å². The van der Waals surface area contributed by atoms with Crippen LogP contribution in [0.2, 0.25) is 0 Å². The van der Waals surface area contributed by atoms with Gasteiger partial charge in [-0.05, 0) is 12.1 Å². The summed E-state index contributed by atoms with van der Waals surface area (Å²) >= 11 is 1.57. The van der Waals surface area contributed by atoms with Crippen molar-refractivity contribution in [2.24, 2.45) is 0 Å². The monoisotopic (exact) mass is 237 g/mol. The molecule has 1 saturated heterocycles. The topological polar surface area (TPSA) is 45.2 Å². The van der Waals surface area contributed by atoms with Crippen LogP contribution in [-0.2, 0) is 4.79 Å². The second-order valence-corrected chi connectivity index (χ2v) is 4.65. The van der Waals surface area contributed by atoms with Crippen LogP contribution in [-0.4, -0.2) is 47.7 Å². The Kier molecular flexibility index (Phi) is 4.18. The predicted molar refractivity (Wildman–Crippen MR) is 64.4 cm³/mol. The van der Waals surface area contributed by atoms with E-state index in [4.69, 9.17) is 0 Å². The zero-order chi connectivity index (χ0) is 11.2. The fraction of sp³-hybridized carbons (Fsp3) is 0.455. The number of carbonyl (C=O) groups excluding carboxylic acids is 1. The van der Waals surface area contributed by atoms with Crippen LogP contribution in [0.15, 0.2) is 29.4 Å². The fourth-order valence-corrected chi connectivity index (χ4v) is 2.37. The van der Waals surface area contributed by atoms with Crippen LogP contribution < -0.4 is 5.32 Å². The van der Waals surface area contributed by atoms with Crippen LogP contribution in [0.5, 0.6) is 0 Å². The number of carbonyl (C=O) groups is 1.